The summed E-state index contributed by atoms with van der Waals surface area (Å²) in [6, 6.07) is 14.9. The van der Waals surface area contributed by atoms with Gasteiger partial charge in [0.2, 0.25) is 0 Å². The molecule has 0 saturated carbocycles. The Balaban J connectivity index is 0.00000161. The van der Waals surface area contributed by atoms with Crippen molar-refractivity contribution in [2.75, 3.05) is 13.1 Å². The number of rotatable bonds is 2. The molecule has 2 aromatic carbocycles. The molecule has 21 heavy (non-hydrogen) atoms. The fraction of sp³-hybridized carbons (Fsp3) is 0.353. The summed E-state index contributed by atoms with van der Waals surface area (Å²) < 4.78 is 0. The van der Waals surface area contributed by atoms with E-state index in [4.69, 9.17) is 5.73 Å². The van der Waals surface area contributed by atoms with Crippen molar-refractivity contribution in [1.29, 1.82) is 0 Å². The second-order valence-corrected chi connectivity index (χ2v) is 5.40. The first-order chi connectivity index (χ1) is 9.83. The van der Waals surface area contributed by atoms with E-state index < -0.39 is 0 Å². The summed E-state index contributed by atoms with van der Waals surface area (Å²) in [5, 5.41) is 2.53. The molecule has 1 heterocycles. The van der Waals surface area contributed by atoms with Crippen molar-refractivity contribution in [1.82, 2.24) is 4.90 Å². The molecule has 0 spiro atoms. The lowest BCUT2D eigenvalue weighted by atomic mass is 10.1. The van der Waals surface area contributed by atoms with Crippen LogP contribution in [0.15, 0.2) is 47.5 Å². The third-order valence-corrected chi connectivity index (χ3v) is 3.92. The summed E-state index contributed by atoms with van der Waals surface area (Å²) >= 11 is 0. The van der Waals surface area contributed by atoms with Crippen LogP contribution in [0.5, 0.6) is 0 Å². The Kier molecular flexibility index (Phi) is 5.85. The highest BCUT2D eigenvalue weighted by Gasteiger charge is 2.11. The highest BCUT2D eigenvalue weighted by Crippen LogP contribution is 2.16. The Bertz CT molecular complexity index is 618. The first kappa shape index (κ1) is 16.1. The van der Waals surface area contributed by atoms with Crippen LogP contribution in [0.25, 0.3) is 10.8 Å². The zero-order valence-corrected chi connectivity index (χ0v) is 14.5. The van der Waals surface area contributed by atoms with Gasteiger partial charge in [-0.2, -0.15) is 0 Å². The van der Waals surface area contributed by atoms with Crippen LogP contribution in [0, 0.1) is 0 Å². The van der Waals surface area contributed by atoms with Crippen LogP contribution >= 0.6 is 24.0 Å². The number of hydrogen-bond acceptors (Lipinski definition) is 1. The Hall–Kier alpha value is -1.30. The molecule has 0 atom stereocenters. The number of piperidine rings is 1. The zero-order valence-electron chi connectivity index (χ0n) is 12.2. The van der Waals surface area contributed by atoms with Gasteiger partial charge in [0.15, 0.2) is 5.96 Å². The molecule has 0 bridgehead atoms. The number of halogens is 1. The molecule has 3 rings (SSSR count). The average Bonchev–Trinajstić information content (AvgIpc) is 2.53. The number of hydrogen-bond donors (Lipinski definition) is 1. The van der Waals surface area contributed by atoms with Gasteiger partial charge in [-0.15, -0.1) is 24.0 Å². The normalized spacial score (nSPS) is 15.8. The van der Waals surface area contributed by atoms with Gasteiger partial charge in [-0.25, -0.2) is 4.99 Å². The standard InChI is InChI=1S/C17H21N3.HI/c18-17(20-10-4-1-5-11-20)19-13-14-8-9-15-6-2-3-7-16(15)12-14;/h2-3,6-9,12H,1,4-5,10-11,13H2,(H2,18,19);1H. The second-order valence-electron chi connectivity index (χ2n) is 5.40. The average molecular weight is 395 g/mol. The maximum atomic E-state index is 6.08. The molecule has 2 N–H and O–H groups in total. The van der Waals surface area contributed by atoms with Crippen LogP contribution in [0.4, 0.5) is 0 Å². The molecule has 0 radical (unpaired) electrons. The van der Waals surface area contributed by atoms with Crippen LogP contribution in [0.1, 0.15) is 24.8 Å². The molecule has 0 aliphatic carbocycles. The molecular weight excluding hydrogens is 373 g/mol. The minimum atomic E-state index is 0. The van der Waals surface area contributed by atoms with Gasteiger partial charge in [-0.3, -0.25) is 0 Å². The van der Waals surface area contributed by atoms with Crippen molar-refractivity contribution >= 4 is 40.7 Å². The minimum absolute atomic E-state index is 0. The van der Waals surface area contributed by atoms with Crippen molar-refractivity contribution in [3.8, 4) is 0 Å². The van der Waals surface area contributed by atoms with Crippen molar-refractivity contribution in [2.24, 2.45) is 10.7 Å². The zero-order chi connectivity index (χ0) is 13.8. The summed E-state index contributed by atoms with van der Waals surface area (Å²) in [5.41, 5.74) is 7.30. The number of fused-ring (bicyclic) bond motifs is 1. The lowest BCUT2D eigenvalue weighted by Gasteiger charge is -2.27. The third kappa shape index (κ3) is 4.09. The molecule has 3 nitrogen and oxygen atoms in total. The molecule has 1 saturated heterocycles. The van der Waals surface area contributed by atoms with E-state index >= 15 is 0 Å². The number of likely N-dealkylation sites (tertiary alicyclic amines) is 1. The number of nitrogens with zero attached hydrogens (tertiary/aromatic N) is 2. The predicted octanol–water partition coefficient (Wildman–Crippen LogP) is 3.76. The molecule has 1 fully saturated rings. The van der Waals surface area contributed by atoms with Crippen molar-refractivity contribution in [2.45, 2.75) is 25.8 Å². The Morgan fingerprint density at radius 1 is 1.00 bits per heavy atom. The van der Waals surface area contributed by atoms with E-state index in [1.54, 1.807) is 0 Å². The summed E-state index contributed by atoms with van der Waals surface area (Å²) in [7, 11) is 0. The summed E-state index contributed by atoms with van der Waals surface area (Å²) in [6.45, 7) is 2.76. The smallest absolute Gasteiger partial charge is 0.191 e. The molecule has 1 aliphatic rings. The molecular formula is C17H22IN3. The Morgan fingerprint density at radius 2 is 1.71 bits per heavy atom. The number of aliphatic imine (C=N–C) groups is 1. The van der Waals surface area contributed by atoms with Crippen molar-refractivity contribution in [3.63, 3.8) is 0 Å². The van der Waals surface area contributed by atoms with E-state index in [1.165, 1.54) is 35.6 Å². The highest BCUT2D eigenvalue weighted by molar-refractivity contribution is 14.0. The Labute approximate surface area is 143 Å². The monoisotopic (exact) mass is 395 g/mol. The van der Waals surface area contributed by atoms with Crippen LogP contribution in [0.3, 0.4) is 0 Å². The molecule has 2 aromatic rings. The largest absolute Gasteiger partial charge is 0.370 e. The van der Waals surface area contributed by atoms with Crippen LogP contribution in [-0.2, 0) is 6.54 Å². The fourth-order valence-electron chi connectivity index (χ4n) is 2.73. The highest BCUT2D eigenvalue weighted by atomic mass is 127. The van der Waals surface area contributed by atoms with Crippen molar-refractivity contribution in [3.05, 3.63) is 48.0 Å². The lowest BCUT2D eigenvalue weighted by molar-refractivity contribution is 0.338. The van der Waals surface area contributed by atoms with E-state index in [0.717, 1.165) is 13.1 Å². The predicted molar refractivity (Wildman–Crippen MR) is 100 cm³/mol. The van der Waals surface area contributed by atoms with E-state index in [9.17, 15) is 0 Å². The molecule has 4 heteroatoms. The number of nitrogens with two attached hydrogens (primary N) is 1. The van der Waals surface area contributed by atoms with Crippen molar-refractivity contribution < 1.29 is 0 Å². The van der Waals surface area contributed by atoms with Gasteiger partial charge in [0.05, 0.1) is 6.54 Å². The number of guanidine groups is 1. The van der Waals surface area contributed by atoms with Gasteiger partial charge < -0.3 is 10.6 Å². The van der Waals surface area contributed by atoms with E-state index in [1.807, 2.05) is 0 Å². The van der Waals surface area contributed by atoms with E-state index in [-0.39, 0.29) is 24.0 Å². The summed E-state index contributed by atoms with van der Waals surface area (Å²) in [4.78, 5) is 6.74. The fourth-order valence-corrected chi connectivity index (χ4v) is 2.73. The quantitative estimate of drug-likeness (QED) is 0.478. The first-order valence-electron chi connectivity index (χ1n) is 7.35. The van der Waals surface area contributed by atoms with Gasteiger partial charge >= 0.3 is 0 Å². The van der Waals surface area contributed by atoms with Crippen LogP contribution < -0.4 is 5.73 Å². The molecule has 0 aromatic heterocycles. The second kappa shape index (κ2) is 7.64. The summed E-state index contributed by atoms with van der Waals surface area (Å²) in [6.07, 6.45) is 3.77. The van der Waals surface area contributed by atoms with Gasteiger partial charge in [-0.05, 0) is 41.7 Å². The van der Waals surface area contributed by atoms with Crippen LogP contribution in [-0.4, -0.2) is 23.9 Å². The summed E-state index contributed by atoms with van der Waals surface area (Å²) in [5.74, 6) is 0.692. The molecule has 112 valence electrons. The minimum Gasteiger partial charge on any atom is -0.370 e. The maximum absolute atomic E-state index is 6.08. The van der Waals surface area contributed by atoms with Gasteiger partial charge in [0, 0.05) is 13.1 Å². The number of benzene rings is 2. The van der Waals surface area contributed by atoms with E-state index in [2.05, 4.69) is 52.4 Å². The van der Waals surface area contributed by atoms with Gasteiger partial charge in [0.25, 0.3) is 0 Å². The lowest BCUT2D eigenvalue weighted by Crippen LogP contribution is -2.40. The van der Waals surface area contributed by atoms with E-state index in [0.29, 0.717) is 12.5 Å². The molecule has 0 unspecified atom stereocenters. The van der Waals surface area contributed by atoms with Gasteiger partial charge in [0.1, 0.15) is 0 Å². The maximum Gasteiger partial charge on any atom is 0.191 e. The third-order valence-electron chi connectivity index (χ3n) is 3.92. The topological polar surface area (TPSA) is 41.6 Å². The first-order valence-corrected chi connectivity index (χ1v) is 7.35. The van der Waals surface area contributed by atoms with Crippen LogP contribution in [0.2, 0.25) is 0 Å². The molecule has 0 amide bonds. The SMILES string of the molecule is I.NC(=NCc1ccc2ccccc2c1)N1CCCCC1. The Morgan fingerprint density at radius 3 is 2.48 bits per heavy atom. The molecule has 1 aliphatic heterocycles. The van der Waals surface area contributed by atoms with Gasteiger partial charge in [-0.1, -0.05) is 36.4 Å².